The minimum Gasteiger partial charge on any atom is -0.332 e. The Balaban J connectivity index is 2.09. The van der Waals surface area contributed by atoms with E-state index in [4.69, 9.17) is 4.98 Å². The zero-order chi connectivity index (χ0) is 19.6. The Hall–Kier alpha value is -2.47. The minimum absolute atomic E-state index is 0.0696. The van der Waals surface area contributed by atoms with Gasteiger partial charge in [-0.1, -0.05) is 41.1 Å². The number of amides is 1. The standard InChI is InChI=1S/C21H22BrN3O2/c1-4-18(24(3)20(26)14-9-8-10-15(22)13-14)19-23-17-12-7-6-11-16(17)21(27)25(19)5-2/h6-13,18H,4-5H2,1-3H3. The molecule has 0 aliphatic heterocycles. The van der Waals surface area contributed by atoms with Crippen molar-refractivity contribution in [2.24, 2.45) is 0 Å². The van der Waals surface area contributed by atoms with E-state index in [2.05, 4.69) is 15.9 Å². The Morgan fingerprint density at radius 3 is 2.59 bits per heavy atom. The first-order valence-corrected chi connectivity index (χ1v) is 9.79. The van der Waals surface area contributed by atoms with Gasteiger partial charge < -0.3 is 4.90 Å². The summed E-state index contributed by atoms with van der Waals surface area (Å²) in [5, 5.41) is 0.596. The topological polar surface area (TPSA) is 55.2 Å². The van der Waals surface area contributed by atoms with Crippen molar-refractivity contribution in [1.82, 2.24) is 14.5 Å². The number of carbonyl (C=O) groups is 1. The number of nitrogens with zero attached hydrogens (tertiary/aromatic N) is 3. The van der Waals surface area contributed by atoms with Crippen LogP contribution in [0.2, 0.25) is 0 Å². The van der Waals surface area contributed by atoms with Crippen LogP contribution < -0.4 is 5.56 Å². The van der Waals surface area contributed by atoms with Gasteiger partial charge in [-0.25, -0.2) is 4.98 Å². The van der Waals surface area contributed by atoms with E-state index in [9.17, 15) is 9.59 Å². The average Bonchev–Trinajstić information content (AvgIpc) is 2.68. The monoisotopic (exact) mass is 427 g/mol. The summed E-state index contributed by atoms with van der Waals surface area (Å²) >= 11 is 3.41. The summed E-state index contributed by atoms with van der Waals surface area (Å²) in [7, 11) is 1.76. The van der Waals surface area contributed by atoms with Gasteiger partial charge in [0.1, 0.15) is 5.82 Å². The van der Waals surface area contributed by atoms with Crippen LogP contribution in [0, 0.1) is 0 Å². The average molecular weight is 428 g/mol. The van der Waals surface area contributed by atoms with Crippen molar-refractivity contribution in [1.29, 1.82) is 0 Å². The van der Waals surface area contributed by atoms with Gasteiger partial charge in [0.05, 0.1) is 16.9 Å². The lowest BCUT2D eigenvalue weighted by atomic mass is 10.1. The number of rotatable bonds is 5. The zero-order valence-corrected chi connectivity index (χ0v) is 17.2. The van der Waals surface area contributed by atoms with Crippen LogP contribution >= 0.6 is 15.9 Å². The number of benzene rings is 2. The molecule has 3 aromatic rings. The third-order valence-corrected chi connectivity index (χ3v) is 5.24. The number of hydrogen-bond donors (Lipinski definition) is 0. The summed E-state index contributed by atoms with van der Waals surface area (Å²) in [4.78, 5) is 32.4. The van der Waals surface area contributed by atoms with E-state index >= 15 is 0 Å². The van der Waals surface area contributed by atoms with Crippen molar-refractivity contribution in [3.8, 4) is 0 Å². The van der Waals surface area contributed by atoms with Crippen molar-refractivity contribution in [3.63, 3.8) is 0 Å². The van der Waals surface area contributed by atoms with E-state index in [1.807, 2.05) is 44.2 Å². The Morgan fingerprint density at radius 2 is 1.93 bits per heavy atom. The molecule has 1 atom stereocenters. The summed E-state index contributed by atoms with van der Waals surface area (Å²) in [6.45, 7) is 4.42. The largest absolute Gasteiger partial charge is 0.332 e. The number of carbonyl (C=O) groups excluding carboxylic acids is 1. The molecule has 0 spiro atoms. The molecule has 0 aliphatic carbocycles. The van der Waals surface area contributed by atoms with E-state index in [1.54, 1.807) is 34.7 Å². The molecule has 0 fully saturated rings. The Kier molecular flexibility index (Phi) is 5.75. The smallest absolute Gasteiger partial charge is 0.261 e. The van der Waals surface area contributed by atoms with Gasteiger partial charge in [-0.3, -0.25) is 14.2 Å². The summed E-state index contributed by atoms with van der Waals surface area (Å²) in [6, 6.07) is 14.3. The molecule has 27 heavy (non-hydrogen) atoms. The number of fused-ring (bicyclic) bond motifs is 1. The highest BCUT2D eigenvalue weighted by atomic mass is 79.9. The fourth-order valence-corrected chi connectivity index (χ4v) is 3.74. The lowest BCUT2D eigenvalue weighted by molar-refractivity contribution is 0.0715. The lowest BCUT2D eigenvalue weighted by Gasteiger charge is -2.29. The predicted molar refractivity (Wildman–Crippen MR) is 111 cm³/mol. The van der Waals surface area contributed by atoms with E-state index in [0.29, 0.717) is 35.3 Å². The van der Waals surface area contributed by atoms with Crippen LogP contribution in [0.25, 0.3) is 10.9 Å². The van der Waals surface area contributed by atoms with Crippen LogP contribution in [0.4, 0.5) is 0 Å². The number of para-hydroxylation sites is 1. The van der Waals surface area contributed by atoms with Crippen LogP contribution in [0.15, 0.2) is 57.8 Å². The molecule has 1 aromatic heterocycles. The molecule has 3 rings (SSSR count). The Morgan fingerprint density at radius 1 is 1.19 bits per heavy atom. The molecule has 0 N–H and O–H groups in total. The normalized spacial score (nSPS) is 12.1. The maximum absolute atomic E-state index is 13.0. The van der Waals surface area contributed by atoms with Gasteiger partial charge >= 0.3 is 0 Å². The summed E-state index contributed by atoms with van der Waals surface area (Å²) in [6.07, 6.45) is 0.654. The first kappa shape index (κ1) is 19.3. The molecule has 140 valence electrons. The van der Waals surface area contributed by atoms with Crippen molar-refractivity contribution >= 4 is 32.7 Å². The molecule has 2 aromatic carbocycles. The summed E-state index contributed by atoms with van der Waals surface area (Å²) < 4.78 is 2.52. The second-order valence-electron chi connectivity index (χ2n) is 6.39. The summed E-state index contributed by atoms with van der Waals surface area (Å²) in [5.41, 5.74) is 1.18. The predicted octanol–water partition coefficient (Wildman–Crippen LogP) is 4.40. The summed E-state index contributed by atoms with van der Waals surface area (Å²) in [5.74, 6) is 0.516. The van der Waals surface area contributed by atoms with Crippen molar-refractivity contribution in [2.75, 3.05) is 7.05 Å². The third kappa shape index (κ3) is 3.67. The van der Waals surface area contributed by atoms with E-state index in [-0.39, 0.29) is 17.5 Å². The SMILES string of the molecule is CCC(c1nc2ccccc2c(=O)n1CC)N(C)C(=O)c1cccc(Br)c1. The first-order valence-electron chi connectivity index (χ1n) is 9.00. The van der Waals surface area contributed by atoms with Crippen LogP contribution in [0.3, 0.4) is 0 Å². The first-order chi connectivity index (χ1) is 13.0. The van der Waals surface area contributed by atoms with Gasteiger partial charge in [-0.15, -0.1) is 0 Å². The fraction of sp³-hybridized carbons (Fsp3) is 0.286. The maximum Gasteiger partial charge on any atom is 0.261 e. The van der Waals surface area contributed by atoms with E-state index in [0.717, 1.165) is 4.47 Å². The van der Waals surface area contributed by atoms with Crippen molar-refractivity contribution in [3.05, 3.63) is 74.7 Å². The van der Waals surface area contributed by atoms with Gasteiger partial charge in [0.25, 0.3) is 11.5 Å². The number of hydrogen-bond acceptors (Lipinski definition) is 3. The molecular formula is C21H22BrN3O2. The second kappa shape index (κ2) is 8.05. The quantitative estimate of drug-likeness (QED) is 0.605. The van der Waals surface area contributed by atoms with Gasteiger partial charge in [0.15, 0.2) is 0 Å². The van der Waals surface area contributed by atoms with Crippen LogP contribution in [-0.4, -0.2) is 27.4 Å². The molecule has 0 saturated carbocycles. The third-order valence-electron chi connectivity index (χ3n) is 4.75. The van der Waals surface area contributed by atoms with Gasteiger partial charge in [-0.2, -0.15) is 0 Å². The Labute approximate surface area is 166 Å². The molecule has 5 nitrogen and oxygen atoms in total. The second-order valence-corrected chi connectivity index (χ2v) is 7.30. The zero-order valence-electron chi connectivity index (χ0n) is 15.6. The molecule has 1 unspecified atom stereocenters. The highest BCUT2D eigenvalue weighted by Crippen LogP contribution is 2.25. The molecule has 6 heteroatoms. The molecule has 0 bridgehead atoms. The minimum atomic E-state index is -0.297. The molecule has 0 aliphatic rings. The highest BCUT2D eigenvalue weighted by molar-refractivity contribution is 9.10. The molecule has 1 amide bonds. The van der Waals surface area contributed by atoms with Gasteiger partial charge in [0, 0.05) is 23.6 Å². The van der Waals surface area contributed by atoms with Crippen LogP contribution in [-0.2, 0) is 6.54 Å². The van der Waals surface area contributed by atoms with Crippen LogP contribution in [0.1, 0.15) is 42.5 Å². The number of halogens is 1. The van der Waals surface area contributed by atoms with E-state index in [1.165, 1.54) is 0 Å². The Bertz CT molecular complexity index is 1050. The molecular weight excluding hydrogens is 406 g/mol. The number of aromatic nitrogens is 2. The highest BCUT2D eigenvalue weighted by Gasteiger charge is 2.26. The van der Waals surface area contributed by atoms with Crippen molar-refractivity contribution in [2.45, 2.75) is 32.9 Å². The molecule has 0 radical (unpaired) electrons. The van der Waals surface area contributed by atoms with Crippen LogP contribution in [0.5, 0.6) is 0 Å². The molecule has 1 heterocycles. The lowest BCUT2D eigenvalue weighted by Crippen LogP contribution is -2.36. The fourth-order valence-electron chi connectivity index (χ4n) is 3.34. The maximum atomic E-state index is 13.0. The van der Waals surface area contributed by atoms with E-state index < -0.39 is 0 Å². The van der Waals surface area contributed by atoms with Gasteiger partial charge in [0.2, 0.25) is 0 Å². The van der Waals surface area contributed by atoms with Gasteiger partial charge in [-0.05, 0) is 43.7 Å². The molecule has 0 saturated heterocycles. The van der Waals surface area contributed by atoms with Crippen molar-refractivity contribution < 1.29 is 4.79 Å².